The van der Waals surface area contributed by atoms with Crippen LogP contribution in [0.15, 0.2) is 58.5 Å². The lowest BCUT2D eigenvalue weighted by Crippen LogP contribution is -2.24. The lowest BCUT2D eigenvalue weighted by molar-refractivity contribution is -0.114. The fourth-order valence-electron chi connectivity index (χ4n) is 2.34. The van der Waals surface area contributed by atoms with Crippen LogP contribution in [0, 0.1) is 5.82 Å². The highest BCUT2D eigenvalue weighted by atomic mass is 32.2. The molecule has 4 nitrogen and oxygen atoms in total. The van der Waals surface area contributed by atoms with Crippen molar-refractivity contribution in [3.63, 3.8) is 0 Å². The zero-order valence-corrected chi connectivity index (χ0v) is 13.8. The first-order chi connectivity index (χ1) is 11.5. The van der Waals surface area contributed by atoms with E-state index in [4.69, 9.17) is 0 Å². The van der Waals surface area contributed by atoms with E-state index in [0.717, 1.165) is 5.56 Å². The van der Waals surface area contributed by atoms with E-state index in [1.54, 1.807) is 30.3 Å². The number of aromatic nitrogens is 2. The number of hydrogen-bond acceptors (Lipinski definition) is 4. The number of hydrogen-bond donors (Lipinski definition) is 0. The summed E-state index contributed by atoms with van der Waals surface area (Å²) in [6.07, 6.45) is 0. The first-order valence-electron chi connectivity index (χ1n) is 7.41. The molecular formula is C18H15FN2O2S. The summed E-state index contributed by atoms with van der Waals surface area (Å²) in [7, 11) is 0. The largest absolute Gasteiger partial charge is 0.299 e. The van der Waals surface area contributed by atoms with Gasteiger partial charge in [0.05, 0.1) is 23.2 Å². The van der Waals surface area contributed by atoms with Crippen molar-refractivity contribution < 1.29 is 9.18 Å². The zero-order valence-electron chi connectivity index (χ0n) is 13.0. The molecule has 0 saturated carbocycles. The molecule has 3 aromatic rings. The Morgan fingerprint density at radius 1 is 1.17 bits per heavy atom. The first kappa shape index (κ1) is 16.4. The minimum absolute atomic E-state index is 0.00994. The normalized spacial score (nSPS) is 10.9. The van der Waals surface area contributed by atoms with E-state index in [9.17, 15) is 14.0 Å². The monoisotopic (exact) mass is 342 g/mol. The molecule has 24 heavy (non-hydrogen) atoms. The van der Waals surface area contributed by atoms with Crippen LogP contribution < -0.4 is 5.56 Å². The Labute approximate surface area is 142 Å². The minimum atomic E-state index is -0.325. The van der Waals surface area contributed by atoms with Crippen molar-refractivity contribution >= 4 is 28.4 Å². The van der Waals surface area contributed by atoms with Crippen LogP contribution in [0.4, 0.5) is 4.39 Å². The van der Waals surface area contributed by atoms with Gasteiger partial charge in [-0.1, -0.05) is 36.0 Å². The fraction of sp³-hybridized carbons (Fsp3) is 0.167. The summed E-state index contributed by atoms with van der Waals surface area (Å²) in [4.78, 5) is 28.6. The van der Waals surface area contributed by atoms with E-state index in [2.05, 4.69) is 4.98 Å². The molecule has 0 radical (unpaired) electrons. The number of rotatable bonds is 5. The van der Waals surface area contributed by atoms with Gasteiger partial charge < -0.3 is 0 Å². The summed E-state index contributed by atoms with van der Waals surface area (Å²) in [6, 6.07) is 13.1. The molecule has 0 spiro atoms. The third-order valence-electron chi connectivity index (χ3n) is 3.49. The molecule has 3 rings (SSSR count). The van der Waals surface area contributed by atoms with Crippen molar-refractivity contribution in [2.24, 2.45) is 0 Å². The van der Waals surface area contributed by atoms with Gasteiger partial charge in [0.2, 0.25) is 0 Å². The number of fused-ring (bicyclic) bond motifs is 1. The first-order valence-corrected chi connectivity index (χ1v) is 8.39. The predicted molar refractivity (Wildman–Crippen MR) is 92.9 cm³/mol. The summed E-state index contributed by atoms with van der Waals surface area (Å²) in [5, 5.41) is 1.00. The smallest absolute Gasteiger partial charge is 0.262 e. The summed E-state index contributed by atoms with van der Waals surface area (Å²) in [5.74, 6) is -0.0709. The van der Waals surface area contributed by atoms with Crippen LogP contribution in [0.3, 0.4) is 0 Å². The summed E-state index contributed by atoms with van der Waals surface area (Å²) in [6.45, 7) is 1.77. The van der Waals surface area contributed by atoms with E-state index in [1.807, 2.05) is 6.07 Å². The molecule has 0 saturated heterocycles. The number of halogens is 1. The maximum atomic E-state index is 13.1. The molecule has 0 unspecified atom stereocenters. The number of Topliss-reactive ketones (excluding diaryl/α,β-unsaturated/α-hetero) is 1. The highest BCUT2D eigenvalue weighted by Crippen LogP contribution is 2.19. The molecule has 0 aliphatic rings. The Hall–Kier alpha value is -2.47. The SMILES string of the molecule is CC(=O)CSc1nc2ccccc2c(=O)n1Cc1ccc(F)cc1. The zero-order chi connectivity index (χ0) is 17.1. The molecular weight excluding hydrogens is 327 g/mol. The number of para-hydroxylation sites is 1. The second-order valence-corrected chi connectivity index (χ2v) is 6.36. The van der Waals surface area contributed by atoms with Crippen LogP contribution in [0.1, 0.15) is 12.5 Å². The number of ketones is 1. The van der Waals surface area contributed by atoms with Crippen molar-refractivity contribution in [2.45, 2.75) is 18.6 Å². The highest BCUT2D eigenvalue weighted by Gasteiger charge is 2.12. The molecule has 6 heteroatoms. The maximum Gasteiger partial charge on any atom is 0.262 e. The molecule has 2 aromatic carbocycles. The molecule has 0 aliphatic heterocycles. The molecule has 0 amide bonds. The van der Waals surface area contributed by atoms with Gasteiger partial charge in [-0.3, -0.25) is 14.2 Å². The second kappa shape index (κ2) is 6.97. The van der Waals surface area contributed by atoms with Crippen molar-refractivity contribution in [1.82, 2.24) is 9.55 Å². The van der Waals surface area contributed by atoms with Crippen LogP contribution in [-0.4, -0.2) is 21.1 Å². The van der Waals surface area contributed by atoms with Crippen molar-refractivity contribution in [2.75, 3.05) is 5.75 Å². The number of thioether (sulfide) groups is 1. The maximum absolute atomic E-state index is 13.1. The summed E-state index contributed by atoms with van der Waals surface area (Å²) >= 11 is 1.23. The number of carbonyl (C=O) groups is 1. The molecule has 1 heterocycles. The Balaban J connectivity index is 2.09. The molecule has 122 valence electrons. The topological polar surface area (TPSA) is 52.0 Å². The van der Waals surface area contributed by atoms with Crippen molar-refractivity contribution in [3.05, 3.63) is 70.3 Å². The average Bonchev–Trinajstić information content (AvgIpc) is 2.57. The lowest BCUT2D eigenvalue weighted by atomic mass is 10.2. The predicted octanol–water partition coefficient (Wildman–Crippen LogP) is 3.27. The van der Waals surface area contributed by atoms with Gasteiger partial charge in [0, 0.05) is 0 Å². The third kappa shape index (κ3) is 3.54. The summed E-state index contributed by atoms with van der Waals surface area (Å²) < 4.78 is 14.6. The molecule has 0 N–H and O–H groups in total. The lowest BCUT2D eigenvalue weighted by Gasteiger charge is -2.13. The van der Waals surface area contributed by atoms with Gasteiger partial charge in [-0.05, 0) is 36.8 Å². The fourth-order valence-corrected chi connectivity index (χ4v) is 3.13. The van der Waals surface area contributed by atoms with Gasteiger partial charge in [0.15, 0.2) is 5.16 Å². The van der Waals surface area contributed by atoms with Gasteiger partial charge in [0.1, 0.15) is 11.6 Å². The van der Waals surface area contributed by atoms with Crippen LogP contribution in [0.5, 0.6) is 0 Å². The molecule has 0 atom stereocenters. The molecule has 0 aliphatic carbocycles. The minimum Gasteiger partial charge on any atom is -0.299 e. The van der Waals surface area contributed by atoms with E-state index in [-0.39, 0.29) is 29.5 Å². The quantitative estimate of drug-likeness (QED) is 0.527. The van der Waals surface area contributed by atoms with Gasteiger partial charge in [0.25, 0.3) is 5.56 Å². The van der Waals surface area contributed by atoms with Gasteiger partial charge in [-0.15, -0.1) is 0 Å². The average molecular weight is 342 g/mol. The van der Waals surface area contributed by atoms with Gasteiger partial charge in [-0.2, -0.15) is 0 Å². The van der Waals surface area contributed by atoms with Crippen molar-refractivity contribution in [3.8, 4) is 0 Å². The van der Waals surface area contributed by atoms with Crippen LogP contribution in [-0.2, 0) is 11.3 Å². The Morgan fingerprint density at radius 2 is 1.88 bits per heavy atom. The number of nitrogens with zero attached hydrogens (tertiary/aromatic N) is 2. The van der Waals surface area contributed by atoms with E-state index >= 15 is 0 Å². The van der Waals surface area contributed by atoms with E-state index in [0.29, 0.717) is 16.1 Å². The number of benzene rings is 2. The molecule has 1 aromatic heterocycles. The third-order valence-corrected chi connectivity index (χ3v) is 4.61. The van der Waals surface area contributed by atoms with E-state index in [1.165, 1.54) is 35.4 Å². The van der Waals surface area contributed by atoms with E-state index < -0.39 is 0 Å². The summed E-state index contributed by atoms with van der Waals surface area (Å²) in [5.41, 5.74) is 1.22. The Bertz CT molecular complexity index is 951. The van der Waals surface area contributed by atoms with Crippen LogP contribution in [0.2, 0.25) is 0 Å². The van der Waals surface area contributed by atoms with Crippen LogP contribution >= 0.6 is 11.8 Å². The van der Waals surface area contributed by atoms with Crippen molar-refractivity contribution in [1.29, 1.82) is 0 Å². The Morgan fingerprint density at radius 3 is 2.58 bits per heavy atom. The van der Waals surface area contributed by atoms with Crippen LogP contribution in [0.25, 0.3) is 10.9 Å². The number of carbonyl (C=O) groups excluding carboxylic acids is 1. The highest BCUT2D eigenvalue weighted by molar-refractivity contribution is 7.99. The van der Waals surface area contributed by atoms with Gasteiger partial charge in [-0.25, -0.2) is 9.37 Å². The molecule has 0 bridgehead atoms. The van der Waals surface area contributed by atoms with Gasteiger partial charge >= 0.3 is 0 Å². The molecule has 0 fully saturated rings. The standard InChI is InChI=1S/C18H15FN2O2S/c1-12(22)11-24-18-20-16-5-3-2-4-15(16)17(23)21(18)10-13-6-8-14(19)9-7-13/h2-9H,10-11H2,1H3. The Kier molecular flexibility index (Phi) is 4.76. The second-order valence-electron chi connectivity index (χ2n) is 5.42.